The van der Waals surface area contributed by atoms with E-state index in [9.17, 15) is 31.1 Å². The summed E-state index contributed by atoms with van der Waals surface area (Å²) >= 11 is 0. The Morgan fingerprint density at radius 2 is 1.63 bits per heavy atom. The second-order valence-corrected chi connectivity index (χ2v) is 10.8. The van der Waals surface area contributed by atoms with Gasteiger partial charge >= 0.3 is 12.4 Å². The quantitative estimate of drug-likeness (QED) is 0.227. The third-order valence-electron chi connectivity index (χ3n) is 7.44. The summed E-state index contributed by atoms with van der Waals surface area (Å²) < 4.78 is 85.5. The van der Waals surface area contributed by atoms with E-state index in [1.54, 1.807) is 26.0 Å². The van der Waals surface area contributed by atoms with E-state index < -0.39 is 35.4 Å². The molecule has 1 aromatic carbocycles. The second-order valence-electron chi connectivity index (χ2n) is 10.8. The topological polar surface area (TPSA) is 110 Å². The lowest BCUT2D eigenvalue weighted by Crippen LogP contribution is -2.44. The first-order chi connectivity index (χ1) is 21.8. The van der Waals surface area contributed by atoms with Crippen LogP contribution in [0.1, 0.15) is 41.3 Å². The van der Waals surface area contributed by atoms with Crippen LogP contribution in [0.4, 0.5) is 38.0 Å². The van der Waals surface area contributed by atoms with Gasteiger partial charge in [-0.15, -0.1) is 5.10 Å². The molecule has 1 amide bonds. The van der Waals surface area contributed by atoms with Crippen molar-refractivity contribution in [2.75, 3.05) is 38.2 Å². The Morgan fingerprint density at radius 1 is 0.935 bits per heavy atom. The number of morpholine rings is 1. The minimum Gasteiger partial charge on any atom is -0.379 e. The normalized spacial score (nSPS) is 15.7. The maximum atomic E-state index is 13.2. The molecule has 244 valence electrons. The Balaban J connectivity index is 1.28. The summed E-state index contributed by atoms with van der Waals surface area (Å²) in [5.74, 6) is -0.198. The maximum absolute atomic E-state index is 13.2. The van der Waals surface area contributed by atoms with E-state index in [0.717, 1.165) is 36.0 Å². The highest BCUT2D eigenvalue weighted by molar-refractivity contribution is 5.80. The fourth-order valence-corrected chi connectivity index (χ4v) is 4.96. The smallest absolute Gasteiger partial charge is 0.379 e. The number of nitrogens with one attached hydrogen (secondary N) is 2. The molecule has 16 heteroatoms. The Labute approximate surface area is 259 Å². The highest BCUT2D eigenvalue weighted by Gasteiger charge is 2.32. The van der Waals surface area contributed by atoms with Crippen molar-refractivity contribution in [2.45, 2.75) is 38.3 Å². The molecule has 3 aromatic heterocycles. The number of hydrogen-bond acceptors (Lipinski definition) is 8. The summed E-state index contributed by atoms with van der Waals surface area (Å²) in [6.45, 7) is 5.55. The van der Waals surface area contributed by atoms with Crippen LogP contribution in [0.25, 0.3) is 11.4 Å². The van der Waals surface area contributed by atoms with Crippen LogP contribution in [0.15, 0.2) is 60.9 Å². The first-order valence-corrected chi connectivity index (χ1v) is 14.3. The number of aromatic nitrogens is 5. The van der Waals surface area contributed by atoms with Gasteiger partial charge in [0.1, 0.15) is 23.4 Å². The Morgan fingerprint density at radius 3 is 2.30 bits per heavy atom. The van der Waals surface area contributed by atoms with E-state index in [-0.39, 0.29) is 24.2 Å². The van der Waals surface area contributed by atoms with Crippen LogP contribution in [0.2, 0.25) is 0 Å². The van der Waals surface area contributed by atoms with Crippen molar-refractivity contribution in [1.82, 2.24) is 35.2 Å². The monoisotopic (exact) mass is 648 g/mol. The third-order valence-corrected chi connectivity index (χ3v) is 7.44. The Bertz CT molecular complexity index is 1650. The molecule has 0 saturated carbocycles. The zero-order valence-corrected chi connectivity index (χ0v) is 24.7. The summed E-state index contributed by atoms with van der Waals surface area (Å²) in [7, 11) is 0. The minimum absolute atomic E-state index is 0.0421. The average molecular weight is 649 g/mol. The van der Waals surface area contributed by atoms with Gasteiger partial charge in [-0.3, -0.25) is 9.69 Å². The lowest BCUT2D eigenvalue weighted by molar-refractivity contribution is -0.138. The van der Waals surface area contributed by atoms with Gasteiger partial charge in [0.25, 0.3) is 0 Å². The fourth-order valence-electron chi connectivity index (χ4n) is 4.96. The molecular formula is C30H30F6N8O2. The van der Waals surface area contributed by atoms with Crippen molar-refractivity contribution in [3.8, 4) is 11.4 Å². The predicted octanol–water partition coefficient (Wildman–Crippen LogP) is 5.58. The van der Waals surface area contributed by atoms with Crippen molar-refractivity contribution < 1.29 is 35.9 Å². The number of amides is 1. The van der Waals surface area contributed by atoms with E-state index in [0.29, 0.717) is 43.3 Å². The Hall–Kier alpha value is -4.57. The van der Waals surface area contributed by atoms with Gasteiger partial charge in [-0.25, -0.2) is 14.6 Å². The zero-order valence-electron chi connectivity index (χ0n) is 24.7. The lowest BCUT2D eigenvalue weighted by Gasteiger charge is -2.35. The number of ether oxygens (including phenoxy) is 1. The summed E-state index contributed by atoms with van der Waals surface area (Å²) in [6, 6.07) is 8.79. The molecule has 4 heterocycles. The van der Waals surface area contributed by atoms with Crippen LogP contribution >= 0.6 is 0 Å². The van der Waals surface area contributed by atoms with Crippen molar-refractivity contribution >= 4 is 17.5 Å². The van der Waals surface area contributed by atoms with Crippen LogP contribution in [-0.4, -0.2) is 68.6 Å². The number of carbonyl (C=O) groups excluding carboxylic acids is 1. The number of aryl methyl sites for hydroxylation is 1. The van der Waals surface area contributed by atoms with Crippen LogP contribution in [0, 0.1) is 6.92 Å². The number of hydrogen-bond donors (Lipinski definition) is 2. The number of rotatable bonds is 9. The first-order valence-electron chi connectivity index (χ1n) is 14.3. The molecule has 1 saturated heterocycles. The number of carbonyl (C=O) groups is 1. The molecule has 1 aliphatic rings. The molecule has 2 N–H and O–H groups in total. The summed E-state index contributed by atoms with van der Waals surface area (Å²) in [5, 5.41) is 13.9. The second kappa shape index (κ2) is 13.4. The Kier molecular flexibility index (Phi) is 9.58. The molecule has 10 nitrogen and oxygen atoms in total. The molecule has 1 fully saturated rings. The third kappa shape index (κ3) is 7.98. The van der Waals surface area contributed by atoms with Gasteiger partial charge in [0.05, 0.1) is 42.3 Å². The van der Waals surface area contributed by atoms with Crippen LogP contribution < -0.4 is 10.6 Å². The van der Waals surface area contributed by atoms with Gasteiger partial charge in [-0.05, 0) is 61.4 Å². The zero-order chi connectivity index (χ0) is 33.1. The molecule has 5 rings (SSSR count). The molecule has 2 unspecified atom stereocenters. The first kappa shape index (κ1) is 32.8. The predicted molar refractivity (Wildman–Crippen MR) is 155 cm³/mol. The van der Waals surface area contributed by atoms with Crippen LogP contribution in [0.3, 0.4) is 0 Å². The number of anilines is 2. The maximum Gasteiger partial charge on any atom is 0.416 e. The van der Waals surface area contributed by atoms with Crippen LogP contribution in [0.5, 0.6) is 0 Å². The molecule has 0 bridgehead atoms. The van der Waals surface area contributed by atoms with E-state index in [2.05, 4.69) is 35.8 Å². The number of halogens is 6. The largest absolute Gasteiger partial charge is 0.416 e. The van der Waals surface area contributed by atoms with E-state index in [1.165, 1.54) is 23.0 Å². The standard InChI is InChI=1S/C30H30F6N8O2/c1-18-13-23(39-27(14-18)40-26-15-22(7-8-37-26)30(34,35)36)24-17-44(42-41-24)19(2)28(45)38-16-25(43-9-11-46-12-10-43)20-3-5-21(6-4-20)29(31,32)33/h3-8,13-15,17,19,25H,9-12,16H2,1-2H3,(H,38,45)(H,37,39,40). The average Bonchev–Trinajstić information content (AvgIpc) is 3.51. The van der Waals surface area contributed by atoms with Gasteiger partial charge in [-0.1, -0.05) is 17.3 Å². The van der Waals surface area contributed by atoms with Crippen molar-refractivity contribution in [2.24, 2.45) is 0 Å². The fraction of sp³-hybridized carbons (Fsp3) is 0.367. The number of alkyl halides is 6. The highest BCUT2D eigenvalue weighted by atomic mass is 19.4. The summed E-state index contributed by atoms with van der Waals surface area (Å²) in [4.78, 5) is 23.6. The number of benzene rings is 1. The number of pyridine rings is 2. The van der Waals surface area contributed by atoms with Gasteiger partial charge in [0.15, 0.2) is 0 Å². The number of nitrogens with zero attached hydrogens (tertiary/aromatic N) is 6. The SMILES string of the molecule is Cc1cc(Nc2cc(C(F)(F)F)ccn2)nc(-c2cn(C(C)C(=O)NCC(c3ccc(C(F)(F)F)cc3)N3CCOCC3)nn2)c1. The van der Waals surface area contributed by atoms with Crippen molar-refractivity contribution in [3.05, 3.63) is 83.2 Å². The van der Waals surface area contributed by atoms with Gasteiger partial charge < -0.3 is 15.4 Å². The van der Waals surface area contributed by atoms with E-state index >= 15 is 0 Å². The highest BCUT2D eigenvalue weighted by Crippen LogP contribution is 2.32. The molecular weight excluding hydrogens is 618 g/mol. The van der Waals surface area contributed by atoms with Crippen LogP contribution in [-0.2, 0) is 21.9 Å². The summed E-state index contributed by atoms with van der Waals surface area (Å²) in [5.41, 5.74) is 0.430. The van der Waals surface area contributed by atoms with Gasteiger partial charge in [0.2, 0.25) is 5.91 Å². The van der Waals surface area contributed by atoms with E-state index in [1.807, 2.05) is 0 Å². The molecule has 4 aromatic rings. The molecule has 0 aliphatic carbocycles. The molecule has 46 heavy (non-hydrogen) atoms. The van der Waals surface area contributed by atoms with Gasteiger partial charge in [-0.2, -0.15) is 26.3 Å². The van der Waals surface area contributed by atoms with Crippen molar-refractivity contribution in [1.29, 1.82) is 0 Å². The lowest BCUT2D eigenvalue weighted by atomic mass is 10.0. The van der Waals surface area contributed by atoms with Gasteiger partial charge in [0, 0.05) is 25.8 Å². The molecule has 1 aliphatic heterocycles. The molecule has 2 atom stereocenters. The summed E-state index contributed by atoms with van der Waals surface area (Å²) in [6.07, 6.45) is -6.42. The minimum atomic E-state index is -4.53. The van der Waals surface area contributed by atoms with Crippen molar-refractivity contribution in [3.63, 3.8) is 0 Å². The molecule has 0 radical (unpaired) electrons. The molecule has 0 spiro atoms. The van der Waals surface area contributed by atoms with E-state index in [4.69, 9.17) is 4.74 Å².